The highest BCUT2D eigenvalue weighted by molar-refractivity contribution is 7.17. The first-order chi connectivity index (χ1) is 13.9. The summed E-state index contributed by atoms with van der Waals surface area (Å²) < 4.78 is 0. The number of aryl methyl sites for hydroxylation is 2. The summed E-state index contributed by atoms with van der Waals surface area (Å²) in [6.07, 6.45) is 4.92. The SMILES string of the molecule is Cc1cnc(C)c(N2CCc3c(sc4c3C(=O)N(C)CC(=O)N4CC3CC3)C2)n1. The number of amides is 2. The van der Waals surface area contributed by atoms with Crippen molar-refractivity contribution >= 4 is 34.0 Å². The van der Waals surface area contributed by atoms with E-state index in [9.17, 15) is 9.59 Å². The van der Waals surface area contributed by atoms with Gasteiger partial charge in [-0.2, -0.15) is 0 Å². The van der Waals surface area contributed by atoms with Gasteiger partial charge in [-0.3, -0.25) is 14.6 Å². The van der Waals surface area contributed by atoms with E-state index in [1.807, 2.05) is 18.7 Å². The Morgan fingerprint density at radius 3 is 2.76 bits per heavy atom. The van der Waals surface area contributed by atoms with Crippen molar-refractivity contribution in [2.24, 2.45) is 5.92 Å². The molecule has 0 aromatic carbocycles. The molecule has 0 N–H and O–H groups in total. The van der Waals surface area contributed by atoms with Crippen molar-refractivity contribution in [3.8, 4) is 0 Å². The van der Waals surface area contributed by atoms with Gasteiger partial charge in [-0.05, 0) is 44.6 Å². The minimum atomic E-state index is -0.0240. The molecule has 29 heavy (non-hydrogen) atoms. The van der Waals surface area contributed by atoms with Crippen LogP contribution in [-0.4, -0.2) is 53.4 Å². The molecule has 1 aliphatic carbocycles. The van der Waals surface area contributed by atoms with Gasteiger partial charge < -0.3 is 14.7 Å². The number of nitrogens with zero attached hydrogens (tertiary/aromatic N) is 5. The highest BCUT2D eigenvalue weighted by Crippen LogP contribution is 2.43. The van der Waals surface area contributed by atoms with Gasteiger partial charge in [0.15, 0.2) is 5.82 Å². The van der Waals surface area contributed by atoms with E-state index >= 15 is 0 Å². The number of hydrogen-bond acceptors (Lipinski definition) is 6. The van der Waals surface area contributed by atoms with E-state index in [1.165, 1.54) is 17.7 Å². The van der Waals surface area contributed by atoms with E-state index in [4.69, 9.17) is 4.98 Å². The number of carbonyl (C=O) groups is 2. The minimum absolute atomic E-state index is 0.0240. The van der Waals surface area contributed by atoms with Gasteiger partial charge in [-0.1, -0.05) is 0 Å². The van der Waals surface area contributed by atoms with Crippen LogP contribution in [-0.2, 0) is 17.8 Å². The Hall–Kier alpha value is -2.48. The average molecular weight is 412 g/mol. The number of likely N-dealkylation sites (N-methyl/N-ethyl adjacent to an activating group) is 1. The Labute approximate surface area is 174 Å². The summed E-state index contributed by atoms with van der Waals surface area (Å²) in [7, 11) is 1.73. The number of rotatable bonds is 3. The van der Waals surface area contributed by atoms with Crippen LogP contribution in [0.1, 0.15) is 45.0 Å². The van der Waals surface area contributed by atoms with Crippen molar-refractivity contribution in [1.82, 2.24) is 14.9 Å². The van der Waals surface area contributed by atoms with Crippen LogP contribution in [0.3, 0.4) is 0 Å². The Kier molecular flexibility index (Phi) is 4.34. The number of carbonyl (C=O) groups excluding carboxylic acids is 2. The standard InChI is InChI=1S/C21H25N5O2S/c1-12-8-22-13(2)19(23-12)25-7-6-15-16(10-25)29-21-18(15)20(28)24(3)11-17(27)26(21)9-14-4-5-14/h8,14H,4-7,9-11H2,1-3H3. The fourth-order valence-electron chi connectivity index (χ4n) is 4.21. The van der Waals surface area contributed by atoms with Gasteiger partial charge in [0.05, 0.1) is 23.5 Å². The number of hydrogen-bond donors (Lipinski definition) is 0. The predicted molar refractivity (Wildman–Crippen MR) is 113 cm³/mol. The van der Waals surface area contributed by atoms with E-state index in [1.54, 1.807) is 29.5 Å². The fourth-order valence-corrected chi connectivity index (χ4v) is 5.59. The van der Waals surface area contributed by atoms with Crippen molar-refractivity contribution in [2.45, 2.75) is 39.7 Å². The zero-order chi connectivity index (χ0) is 20.3. The third-order valence-corrected chi connectivity index (χ3v) is 7.25. The van der Waals surface area contributed by atoms with Crippen LogP contribution in [0.15, 0.2) is 6.20 Å². The second-order valence-corrected chi connectivity index (χ2v) is 9.47. The van der Waals surface area contributed by atoms with Crippen LogP contribution in [0.25, 0.3) is 0 Å². The molecule has 2 aromatic rings. The molecule has 8 heteroatoms. The number of fused-ring (bicyclic) bond motifs is 3. The lowest BCUT2D eigenvalue weighted by atomic mass is 10.0. The van der Waals surface area contributed by atoms with Gasteiger partial charge in [-0.15, -0.1) is 11.3 Å². The molecule has 0 unspecified atom stereocenters. The normalized spacial score (nSPS) is 19.3. The lowest BCUT2D eigenvalue weighted by Gasteiger charge is -2.29. The number of aromatic nitrogens is 2. The molecule has 4 heterocycles. The minimum Gasteiger partial charge on any atom is -0.350 e. The summed E-state index contributed by atoms with van der Waals surface area (Å²) in [4.78, 5) is 42.0. The molecule has 3 aliphatic rings. The van der Waals surface area contributed by atoms with Crippen LogP contribution in [0, 0.1) is 19.8 Å². The van der Waals surface area contributed by atoms with Gasteiger partial charge in [0.25, 0.3) is 5.91 Å². The average Bonchev–Trinajstić information content (AvgIpc) is 3.45. The number of thiophene rings is 1. The van der Waals surface area contributed by atoms with Crippen molar-refractivity contribution < 1.29 is 9.59 Å². The van der Waals surface area contributed by atoms with Crippen LogP contribution in [0.2, 0.25) is 0 Å². The van der Waals surface area contributed by atoms with E-state index in [0.717, 1.165) is 52.8 Å². The second kappa shape index (κ2) is 6.79. The molecule has 2 aliphatic heterocycles. The van der Waals surface area contributed by atoms with E-state index in [0.29, 0.717) is 12.5 Å². The molecular weight excluding hydrogens is 386 g/mol. The molecular formula is C21H25N5O2S. The molecule has 2 aromatic heterocycles. The zero-order valence-corrected chi connectivity index (χ0v) is 17.9. The third kappa shape index (κ3) is 3.19. The van der Waals surface area contributed by atoms with Gasteiger partial charge in [0.1, 0.15) is 11.5 Å². The summed E-state index contributed by atoms with van der Waals surface area (Å²) in [6.45, 7) is 6.32. The molecule has 7 nitrogen and oxygen atoms in total. The topological polar surface area (TPSA) is 69.6 Å². The smallest absolute Gasteiger partial charge is 0.257 e. The summed E-state index contributed by atoms with van der Waals surface area (Å²) >= 11 is 1.61. The maximum atomic E-state index is 13.1. The molecule has 0 spiro atoms. The first-order valence-corrected chi connectivity index (χ1v) is 11.0. The molecule has 1 saturated carbocycles. The molecule has 0 radical (unpaired) electrons. The van der Waals surface area contributed by atoms with Crippen LogP contribution in [0.4, 0.5) is 10.8 Å². The lowest BCUT2D eigenvalue weighted by Crippen LogP contribution is -2.38. The van der Waals surface area contributed by atoms with Crippen molar-refractivity contribution in [1.29, 1.82) is 0 Å². The lowest BCUT2D eigenvalue weighted by molar-refractivity contribution is -0.119. The molecule has 0 saturated heterocycles. The van der Waals surface area contributed by atoms with Crippen molar-refractivity contribution in [3.05, 3.63) is 33.6 Å². The Bertz CT molecular complexity index is 1010. The maximum absolute atomic E-state index is 13.1. The summed E-state index contributed by atoms with van der Waals surface area (Å²) in [5.41, 5.74) is 3.69. The maximum Gasteiger partial charge on any atom is 0.257 e. The predicted octanol–water partition coefficient (Wildman–Crippen LogP) is 2.55. The molecule has 5 rings (SSSR count). The summed E-state index contributed by atoms with van der Waals surface area (Å²) in [6, 6.07) is 0. The highest BCUT2D eigenvalue weighted by Gasteiger charge is 2.39. The van der Waals surface area contributed by atoms with Gasteiger partial charge in [-0.25, -0.2) is 4.98 Å². The van der Waals surface area contributed by atoms with E-state index in [-0.39, 0.29) is 18.4 Å². The fraction of sp³-hybridized carbons (Fsp3) is 0.524. The van der Waals surface area contributed by atoms with E-state index in [2.05, 4.69) is 9.88 Å². The first-order valence-electron chi connectivity index (χ1n) is 10.2. The van der Waals surface area contributed by atoms with Crippen LogP contribution in [0.5, 0.6) is 0 Å². The first kappa shape index (κ1) is 18.5. The van der Waals surface area contributed by atoms with Crippen molar-refractivity contribution in [3.63, 3.8) is 0 Å². The second-order valence-electron chi connectivity index (χ2n) is 8.38. The Balaban J connectivity index is 1.54. The van der Waals surface area contributed by atoms with Crippen LogP contribution < -0.4 is 9.80 Å². The summed E-state index contributed by atoms with van der Waals surface area (Å²) in [5.74, 6) is 1.49. The molecule has 152 valence electrons. The number of anilines is 2. The Morgan fingerprint density at radius 2 is 2.00 bits per heavy atom. The molecule has 0 atom stereocenters. The monoisotopic (exact) mass is 411 g/mol. The molecule has 0 bridgehead atoms. The Morgan fingerprint density at radius 1 is 1.21 bits per heavy atom. The van der Waals surface area contributed by atoms with E-state index < -0.39 is 0 Å². The quantitative estimate of drug-likeness (QED) is 0.776. The molecule has 2 amide bonds. The van der Waals surface area contributed by atoms with Gasteiger partial charge in [0.2, 0.25) is 5.91 Å². The van der Waals surface area contributed by atoms with Crippen molar-refractivity contribution in [2.75, 3.05) is 36.5 Å². The zero-order valence-electron chi connectivity index (χ0n) is 17.1. The largest absolute Gasteiger partial charge is 0.350 e. The summed E-state index contributed by atoms with van der Waals surface area (Å²) in [5, 5.41) is 0.857. The van der Waals surface area contributed by atoms with Crippen LogP contribution >= 0.6 is 11.3 Å². The third-order valence-electron chi connectivity index (χ3n) is 6.01. The van der Waals surface area contributed by atoms with Gasteiger partial charge in [0, 0.05) is 31.2 Å². The van der Waals surface area contributed by atoms with Gasteiger partial charge >= 0.3 is 0 Å². The molecule has 1 fully saturated rings. The highest BCUT2D eigenvalue weighted by atomic mass is 32.1.